The number of carbonyl (C=O) groups excluding carboxylic acids is 2. The number of carbonyl (C=O) groups is 2. The fourth-order valence-electron chi connectivity index (χ4n) is 3.15. The Morgan fingerprint density at radius 3 is 2.36 bits per heavy atom. The number of benzene rings is 3. The molecule has 166 valence electrons. The van der Waals surface area contributed by atoms with Gasteiger partial charge in [-0.1, -0.05) is 72.3 Å². The molecule has 0 aliphatic carbocycles. The van der Waals surface area contributed by atoms with E-state index in [1.165, 1.54) is 4.80 Å². The molecule has 0 bridgehead atoms. The van der Waals surface area contributed by atoms with Crippen molar-refractivity contribution in [3.05, 3.63) is 101 Å². The van der Waals surface area contributed by atoms with Crippen LogP contribution >= 0.6 is 11.6 Å². The molecular weight excluding hydrogens is 440 g/mol. The number of aromatic nitrogens is 4. The van der Waals surface area contributed by atoms with Crippen molar-refractivity contribution in [2.75, 3.05) is 0 Å². The van der Waals surface area contributed by atoms with Gasteiger partial charge in [-0.15, -0.1) is 10.2 Å². The van der Waals surface area contributed by atoms with Crippen molar-refractivity contribution in [1.82, 2.24) is 31.1 Å². The first kappa shape index (κ1) is 22.2. The van der Waals surface area contributed by atoms with Crippen LogP contribution in [0.3, 0.4) is 0 Å². The molecule has 0 unspecified atom stereocenters. The lowest BCUT2D eigenvalue weighted by molar-refractivity contribution is -0.121. The number of hydrogen-bond donors (Lipinski definition) is 2. The second-order valence-electron chi connectivity index (χ2n) is 7.30. The second-order valence-corrected chi connectivity index (χ2v) is 7.71. The van der Waals surface area contributed by atoms with Crippen LogP contribution < -0.4 is 10.9 Å². The standard InChI is InChI=1S/C24H21ClN6O2/c25-21-9-5-4-6-18(21)14-15-22(32)26-28-24(33)20-12-10-17(11-13-20)16-31-29-23(27-30-31)19-7-2-1-3-8-19/h1-13H,14-16H2,(H,26,32)(H,28,33). The fourth-order valence-corrected chi connectivity index (χ4v) is 3.38. The smallest absolute Gasteiger partial charge is 0.269 e. The van der Waals surface area contributed by atoms with Crippen molar-refractivity contribution in [2.45, 2.75) is 19.4 Å². The summed E-state index contributed by atoms with van der Waals surface area (Å²) in [6.45, 7) is 0.417. The van der Waals surface area contributed by atoms with Crippen molar-refractivity contribution in [3.63, 3.8) is 0 Å². The Labute approximate surface area is 195 Å². The van der Waals surface area contributed by atoms with Gasteiger partial charge >= 0.3 is 0 Å². The molecule has 8 nitrogen and oxygen atoms in total. The number of halogens is 1. The first-order chi connectivity index (χ1) is 16.1. The first-order valence-electron chi connectivity index (χ1n) is 10.3. The van der Waals surface area contributed by atoms with Crippen molar-refractivity contribution in [2.24, 2.45) is 0 Å². The number of tetrazole rings is 1. The fraction of sp³-hybridized carbons (Fsp3) is 0.125. The SMILES string of the molecule is O=C(CCc1ccccc1Cl)NNC(=O)c1ccc(Cn2nnc(-c3ccccc3)n2)cc1. The van der Waals surface area contributed by atoms with E-state index in [0.717, 1.165) is 16.7 Å². The van der Waals surface area contributed by atoms with E-state index in [1.54, 1.807) is 30.3 Å². The molecule has 2 N–H and O–H groups in total. The van der Waals surface area contributed by atoms with Crippen LogP contribution in [0.1, 0.15) is 27.9 Å². The van der Waals surface area contributed by atoms with E-state index in [0.29, 0.717) is 29.4 Å². The normalized spacial score (nSPS) is 10.6. The molecule has 1 heterocycles. The molecular formula is C24H21ClN6O2. The Hall–Kier alpha value is -4.04. The van der Waals surface area contributed by atoms with Crippen LogP contribution in [0, 0.1) is 0 Å². The molecule has 0 atom stereocenters. The van der Waals surface area contributed by atoms with Gasteiger partial charge in [0.05, 0.1) is 6.54 Å². The van der Waals surface area contributed by atoms with Gasteiger partial charge in [0, 0.05) is 22.6 Å². The molecule has 3 aromatic carbocycles. The molecule has 4 aromatic rings. The molecule has 2 amide bonds. The minimum absolute atomic E-state index is 0.207. The number of nitrogens with one attached hydrogen (secondary N) is 2. The Balaban J connectivity index is 1.26. The van der Waals surface area contributed by atoms with Gasteiger partial charge in [-0.2, -0.15) is 4.80 Å². The molecule has 0 saturated heterocycles. The minimum atomic E-state index is -0.405. The molecule has 9 heteroatoms. The van der Waals surface area contributed by atoms with E-state index in [1.807, 2.05) is 48.5 Å². The van der Waals surface area contributed by atoms with E-state index in [2.05, 4.69) is 26.3 Å². The van der Waals surface area contributed by atoms with E-state index in [4.69, 9.17) is 11.6 Å². The molecule has 0 saturated carbocycles. The summed E-state index contributed by atoms with van der Waals surface area (Å²) in [7, 11) is 0. The summed E-state index contributed by atoms with van der Waals surface area (Å²) in [6.07, 6.45) is 0.692. The molecule has 0 radical (unpaired) electrons. The van der Waals surface area contributed by atoms with Gasteiger partial charge < -0.3 is 0 Å². The number of nitrogens with zero attached hydrogens (tertiary/aromatic N) is 4. The van der Waals surface area contributed by atoms with Gasteiger partial charge in [0.2, 0.25) is 11.7 Å². The molecule has 33 heavy (non-hydrogen) atoms. The summed E-state index contributed by atoms with van der Waals surface area (Å²) in [5.41, 5.74) is 7.96. The van der Waals surface area contributed by atoms with Crippen molar-refractivity contribution < 1.29 is 9.59 Å². The van der Waals surface area contributed by atoms with Gasteiger partial charge in [0.15, 0.2) is 0 Å². The van der Waals surface area contributed by atoms with Crippen LogP contribution in [0.2, 0.25) is 5.02 Å². The van der Waals surface area contributed by atoms with Crippen LogP contribution in [0.5, 0.6) is 0 Å². The van der Waals surface area contributed by atoms with Crippen LogP contribution in [-0.2, 0) is 17.8 Å². The van der Waals surface area contributed by atoms with Crippen LogP contribution in [0.25, 0.3) is 11.4 Å². The molecule has 0 fully saturated rings. The lowest BCUT2D eigenvalue weighted by Gasteiger charge is -2.08. The maximum absolute atomic E-state index is 12.3. The maximum Gasteiger partial charge on any atom is 0.269 e. The third-order valence-corrected chi connectivity index (χ3v) is 5.29. The van der Waals surface area contributed by atoms with Crippen molar-refractivity contribution in [1.29, 1.82) is 0 Å². The number of rotatable bonds is 7. The van der Waals surface area contributed by atoms with Gasteiger partial charge in [0.25, 0.3) is 5.91 Å². The number of hydrogen-bond acceptors (Lipinski definition) is 5. The molecule has 0 spiro atoms. The summed E-state index contributed by atoms with van der Waals surface area (Å²) < 4.78 is 0. The summed E-state index contributed by atoms with van der Waals surface area (Å²) in [6, 6.07) is 23.9. The summed E-state index contributed by atoms with van der Waals surface area (Å²) in [5, 5.41) is 13.2. The maximum atomic E-state index is 12.3. The molecule has 0 aliphatic heterocycles. The Bertz CT molecular complexity index is 1240. The third kappa shape index (κ3) is 6.02. The van der Waals surface area contributed by atoms with E-state index in [-0.39, 0.29) is 12.3 Å². The minimum Gasteiger partial charge on any atom is -0.273 e. The Morgan fingerprint density at radius 2 is 1.61 bits per heavy atom. The predicted octanol–water partition coefficient (Wildman–Crippen LogP) is 3.44. The highest BCUT2D eigenvalue weighted by atomic mass is 35.5. The second kappa shape index (κ2) is 10.5. The van der Waals surface area contributed by atoms with E-state index < -0.39 is 5.91 Å². The van der Waals surface area contributed by atoms with Gasteiger partial charge in [0.1, 0.15) is 0 Å². The largest absolute Gasteiger partial charge is 0.273 e. The summed E-state index contributed by atoms with van der Waals surface area (Å²) in [4.78, 5) is 25.9. The average Bonchev–Trinajstić information content (AvgIpc) is 3.31. The van der Waals surface area contributed by atoms with Crippen molar-refractivity contribution >= 4 is 23.4 Å². The summed E-state index contributed by atoms with van der Waals surface area (Å²) >= 11 is 6.09. The zero-order valence-corrected chi connectivity index (χ0v) is 18.4. The Kier molecular flexibility index (Phi) is 7.06. The molecule has 1 aromatic heterocycles. The first-order valence-corrected chi connectivity index (χ1v) is 10.7. The van der Waals surface area contributed by atoms with Crippen molar-refractivity contribution in [3.8, 4) is 11.4 Å². The number of amides is 2. The van der Waals surface area contributed by atoms with Gasteiger partial charge in [-0.05, 0) is 41.0 Å². The third-order valence-electron chi connectivity index (χ3n) is 4.92. The highest BCUT2D eigenvalue weighted by Gasteiger charge is 2.10. The zero-order valence-electron chi connectivity index (χ0n) is 17.6. The highest BCUT2D eigenvalue weighted by molar-refractivity contribution is 6.31. The quantitative estimate of drug-likeness (QED) is 0.411. The summed E-state index contributed by atoms with van der Waals surface area (Å²) in [5.74, 6) is -0.152. The monoisotopic (exact) mass is 460 g/mol. The zero-order chi connectivity index (χ0) is 23.0. The molecule has 0 aliphatic rings. The lowest BCUT2D eigenvalue weighted by atomic mass is 10.1. The van der Waals surface area contributed by atoms with Crippen LogP contribution in [0.4, 0.5) is 0 Å². The predicted molar refractivity (Wildman–Crippen MR) is 124 cm³/mol. The van der Waals surface area contributed by atoms with Gasteiger partial charge in [-0.3, -0.25) is 20.4 Å². The Morgan fingerprint density at radius 1 is 0.879 bits per heavy atom. The van der Waals surface area contributed by atoms with Crippen LogP contribution in [0.15, 0.2) is 78.9 Å². The topological polar surface area (TPSA) is 102 Å². The van der Waals surface area contributed by atoms with Crippen LogP contribution in [-0.4, -0.2) is 32.0 Å². The lowest BCUT2D eigenvalue weighted by Crippen LogP contribution is -2.41. The van der Waals surface area contributed by atoms with E-state index >= 15 is 0 Å². The number of hydrazine groups is 1. The van der Waals surface area contributed by atoms with Gasteiger partial charge in [-0.25, -0.2) is 0 Å². The van der Waals surface area contributed by atoms with E-state index in [9.17, 15) is 9.59 Å². The molecule has 4 rings (SSSR count). The average molecular weight is 461 g/mol. The number of aryl methyl sites for hydroxylation is 1. The highest BCUT2D eigenvalue weighted by Crippen LogP contribution is 2.16.